The molecule has 13 heavy (non-hydrogen) atoms. The van der Waals surface area contributed by atoms with Crippen molar-refractivity contribution < 1.29 is 4.79 Å². The van der Waals surface area contributed by atoms with Gasteiger partial charge >= 0.3 is 0 Å². The van der Waals surface area contributed by atoms with E-state index in [2.05, 4.69) is 10.3 Å². The van der Waals surface area contributed by atoms with Gasteiger partial charge in [0.2, 0.25) is 0 Å². The molecule has 0 saturated carbocycles. The van der Waals surface area contributed by atoms with Crippen molar-refractivity contribution in [2.24, 2.45) is 0 Å². The Balaban J connectivity index is 3.05. The molecule has 0 bridgehead atoms. The van der Waals surface area contributed by atoms with Crippen LogP contribution in [-0.4, -0.2) is 24.4 Å². The average molecular weight is 219 g/mol. The van der Waals surface area contributed by atoms with E-state index < -0.39 is 0 Å². The highest BCUT2D eigenvalue weighted by Gasteiger charge is 2.13. The number of halogens is 2. The fourth-order valence-corrected chi connectivity index (χ4v) is 1.50. The lowest BCUT2D eigenvalue weighted by Crippen LogP contribution is -2.19. The van der Waals surface area contributed by atoms with E-state index in [1.807, 2.05) is 0 Å². The number of aromatic nitrogens is 1. The lowest BCUT2D eigenvalue weighted by atomic mass is 10.2. The monoisotopic (exact) mass is 218 g/mol. The third kappa shape index (κ3) is 2.40. The second-order valence-corrected chi connectivity index (χ2v) is 3.25. The molecule has 0 amide bonds. The molecule has 0 saturated heterocycles. The summed E-state index contributed by atoms with van der Waals surface area (Å²) >= 11 is 11.5. The molecule has 1 rings (SSSR count). The number of pyridine rings is 1. The average Bonchev–Trinajstić information content (AvgIpc) is 2.04. The van der Waals surface area contributed by atoms with Gasteiger partial charge in [-0.3, -0.25) is 9.78 Å². The molecule has 70 valence electrons. The van der Waals surface area contributed by atoms with Crippen LogP contribution in [-0.2, 0) is 0 Å². The van der Waals surface area contributed by atoms with Crippen molar-refractivity contribution in [1.29, 1.82) is 0 Å². The minimum Gasteiger partial charge on any atom is -0.313 e. The van der Waals surface area contributed by atoms with Gasteiger partial charge in [0.1, 0.15) is 0 Å². The van der Waals surface area contributed by atoms with E-state index in [9.17, 15) is 4.79 Å². The molecule has 0 unspecified atom stereocenters. The molecule has 0 radical (unpaired) electrons. The first kappa shape index (κ1) is 10.4. The van der Waals surface area contributed by atoms with Crippen LogP contribution in [0.3, 0.4) is 0 Å². The van der Waals surface area contributed by atoms with Gasteiger partial charge < -0.3 is 5.32 Å². The topological polar surface area (TPSA) is 42.0 Å². The van der Waals surface area contributed by atoms with Crippen LogP contribution in [0, 0.1) is 0 Å². The molecule has 1 heterocycles. The van der Waals surface area contributed by atoms with Gasteiger partial charge in [-0.25, -0.2) is 0 Å². The van der Waals surface area contributed by atoms with E-state index in [0.29, 0.717) is 5.56 Å². The molecule has 1 aromatic heterocycles. The first-order valence-electron chi connectivity index (χ1n) is 3.63. The zero-order chi connectivity index (χ0) is 9.84. The van der Waals surface area contributed by atoms with Crippen molar-refractivity contribution in [1.82, 2.24) is 10.3 Å². The van der Waals surface area contributed by atoms with E-state index in [1.54, 1.807) is 7.05 Å². The Morgan fingerprint density at radius 3 is 2.46 bits per heavy atom. The summed E-state index contributed by atoms with van der Waals surface area (Å²) in [7, 11) is 1.68. The molecule has 1 N–H and O–H groups in total. The predicted octanol–water partition coefficient (Wildman–Crippen LogP) is 1.79. The van der Waals surface area contributed by atoms with Crippen molar-refractivity contribution in [3.05, 3.63) is 28.0 Å². The summed E-state index contributed by atoms with van der Waals surface area (Å²) in [6.45, 7) is 0.212. The summed E-state index contributed by atoms with van der Waals surface area (Å²) in [5, 5.41) is 3.30. The fraction of sp³-hybridized carbons (Fsp3) is 0.250. The van der Waals surface area contributed by atoms with Gasteiger partial charge in [0.25, 0.3) is 0 Å². The molecule has 0 aliphatic heterocycles. The maximum Gasteiger partial charge on any atom is 0.179 e. The van der Waals surface area contributed by atoms with Crippen LogP contribution in [0.5, 0.6) is 0 Å². The number of rotatable bonds is 3. The number of carbonyl (C=O) groups excluding carboxylic acids is 1. The molecule has 0 fully saturated rings. The Kier molecular flexibility index (Phi) is 3.66. The van der Waals surface area contributed by atoms with Crippen LogP contribution >= 0.6 is 23.2 Å². The Labute approximate surface area is 86.1 Å². The maximum absolute atomic E-state index is 11.4. The van der Waals surface area contributed by atoms with Gasteiger partial charge in [-0.2, -0.15) is 0 Å². The number of nitrogens with one attached hydrogen (secondary N) is 1. The summed E-state index contributed by atoms with van der Waals surface area (Å²) in [6.07, 6.45) is 2.80. The van der Waals surface area contributed by atoms with E-state index in [4.69, 9.17) is 23.2 Å². The lowest BCUT2D eigenvalue weighted by Gasteiger charge is -2.03. The molecule has 0 spiro atoms. The van der Waals surface area contributed by atoms with Crippen LogP contribution in [0.25, 0.3) is 0 Å². The highest BCUT2D eigenvalue weighted by molar-refractivity contribution is 6.39. The van der Waals surface area contributed by atoms with Crippen LogP contribution in [0.2, 0.25) is 10.0 Å². The minimum absolute atomic E-state index is 0.139. The van der Waals surface area contributed by atoms with Gasteiger partial charge in [-0.05, 0) is 7.05 Å². The summed E-state index contributed by atoms with van der Waals surface area (Å²) in [4.78, 5) is 15.2. The highest BCUT2D eigenvalue weighted by atomic mass is 35.5. The number of Topliss-reactive ketones (excluding diaryl/α,β-unsaturated/α-hetero) is 1. The standard InChI is InChI=1S/C8H8Cl2N2O/c1-11-4-7(13)8-5(9)2-12-3-6(8)10/h2-3,11H,4H2,1H3. The van der Waals surface area contributed by atoms with Crippen molar-refractivity contribution >= 4 is 29.0 Å². The van der Waals surface area contributed by atoms with Gasteiger partial charge in [0, 0.05) is 12.4 Å². The minimum atomic E-state index is -0.139. The third-order valence-corrected chi connectivity index (χ3v) is 2.04. The molecule has 1 aromatic rings. The SMILES string of the molecule is CNCC(=O)c1c(Cl)cncc1Cl. The third-order valence-electron chi connectivity index (χ3n) is 1.47. The number of ketones is 1. The predicted molar refractivity (Wildman–Crippen MR) is 52.5 cm³/mol. The summed E-state index contributed by atoms with van der Waals surface area (Å²) in [6, 6.07) is 0. The van der Waals surface area contributed by atoms with Gasteiger partial charge in [-0.1, -0.05) is 23.2 Å². The molecule has 0 aliphatic carbocycles. The van der Waals surface area contributed by atoms with Crippen LogP contribution in [0.1, 0.15) is 10.4 Å². The summed E-state index contributed by atoms with van der Waals surface area (Å²) in [5.74, 6) is -0.139. The Bertz CT molecular complexity index is 308. The molecule has 0 atom stereocenters. The van der Waals surface area contributed by atoms with Crippen molar-refractivity contribution in [3.63, 3.8) is 0 Å². The largest absolute Gasteiger partial charge is 0.313 e. The van der Waals surface area contributed by atoms with Crippen LogP contribution in [0.4, 0.5) is 0 Å². The molecule has 3 nitrogen and oxygen atoms in total. The number of carbonyl (C=O) groups is 1. The summed E-state index contributed by atoms with van der Waals surface area (Å²) < 4.78 is 0. The number of hydrogen-bond donors (Lipinski definition) is 1. The van der Waals surface area contributed by atoms with E-state index >= 15 is 0 Å². The molecule has 0 aliphatic rings. The van der Waals surface area contributed by atoms with Crippen molar-refractivity contribution in [2.75, 3.05) is 13.6 Å². The van der Waals surface area contributed by atoms with Gasteiger partial charge in [0.05, 0.1) is 22.2 Å². The number of likely N-dealkylation sites (N-methyl/N-ethyl adjacent to an activating group) is 1. The Morgan fingerprint density at radius 2 is 2.00 bits per heavy atom. The lowest BCUT2D eigenvalue weighted by molar-refractivity contribution is 0.0994. The van der Waals surface area contributed by atoms with E-state index in [0.717, 1.165) is 0 Å². The number of nitrogens with zero attached hydrogens (tertiary/aromatic N) is 1. The highest BCUT2D eigenvalue weighted by Crippen LogP contribution is 2.22. The molecule has 0 aromatic carbocycles. The normalized spacial score (nSPS) is 10.1. The number of hydrogen-bond acceptors (Lipinski definition) is 3. The van der Waals surface area contributed by atoms with Crippen molar-refractivity contribution in [3.8, 4) is 0 Å². The zero-order valence-corrected chi connectivity index (χ0v) is 8.49. The van der Waals surface area contributed by atoms with Gasteiger partial charge in [-0.15, -0.1) is 0 Å². The quantitative estimate of drug-likeness (QED) is 0.788. The van der Waals surface area contributed by atoms with Crippen molar-refractivity contribution in [2.45, 2.75) is 0 Å². The second kappa shape index (κ2) is 4.56. The van der Waals surface area contributed by atoms with Gasteiger partial charge in [0.15, 0.2) is 5.78 Å². The second-order valence-electron chi connectivity index (χ2n) is 2.43. The fourth-order valence-electron chi connectivity index (χ4n) is 0.927. The smallest absolute Gasteiger partial charge is 0.179 e. The Hall–Kier alpha value is -0.640. The van der Waals surface area contributed by atoms with E-state index in [1.165, 1.54) is 12.4 Å². The van der Waals surface area contributed by atoms with Crippen LogP contribution in [0.15, 0.2) is 12.4 Å². The first-order chi connectivity index (χ1) is 6.16. The molecular weight excluding hydrogens is 211 g/mol. The van der Waals surface area contributed by atoms with E-state index in [-0.39, 0.29) is 22.4 Å². The first-order valence-corrected chi connectivity index (χ1v) is 4.39. The maximum atomic E-state index is 11.4. The molecular formula is C8H8Cl2N2O. The Morgan fingerprint density at radius 1 is 1.46 bits per heavy atom. The van der Waals surface area contributed by atoms with Crippen LogP contribution < -0.4 is 5.32 Å². The molecule has 5 heteroatoms. The zero-order valence-electron chi connectivity index (χ0n) is 6.97. The summed E-state index contributed by atoms with van der Waals surface area (Å²) in [5.41, 5.74) is 0.327.